The lowest BCUT2D eigenvalue weighted by Crippen LogP contribution is -2.28. The van der Waals surface area contributed by atoms with E-state index in [0.717, 1.165) is 0 Å². The standard InChI is InChI=1S/C18H15N3O6/c22-17-7-11(18(23)19-13-3-1-2-4-14(13)21(24)25)9-20(17)12-5-6-15-16(8-12)27-10-26-15/h1-6,8,11H,7,9-10H2,(H,19,23). The fourth-order valence-electron chi connectivity index (χ4n) is 3.16. The molecule has 0 radical (unpaired) electrons. The average molecular weight is 369 g/mol. The summed E-state index contributed by atoms with van der Waals surface area (Å²) in [6.07, 6.45) is 0.0287. The number of nitro groups is 1. The molecule has 27 heavy (non-hydrogen) atoms. The number of nitrogens with one attached hydrogen (secondary N) is 1. The highest BCUT2D eigenvalue weighted by Gasteiger charge is 2.36. The zero-order chi connectivity index (χ0) is 19.0. The summed E-state index contributed by atoms with van der Waals surface area (Å²) in [7, 11) is 0. The summed E-state index contributed by atoms with van der Waals surface area (Å²) in [6, 6.07) is 11.0. The number of para-hydroxylation sites is 2. The third-order valence-electron chi connectivity index (χ3n) is 4.52. The third kappa shape index (κ3) is 3.14. The molecule has 1 saturated heterocycles. The van der Waals surface area contributed by atoms with Gasteiger partial charge in [-0.1, -0.05) is 12.1 Å². The van der Waals surface area contributed by atoms with Gasteiger partial charge in [0.15, 0.2) is 11.5 Å². The third-order valence-corrected chi connectivity index (χ3v) is 4.52. The van der Waals surface area contributed by atoms with Crippen LogP contribution in [0.15, 0.2) is 42.5 Å². The minimum absolute atomic E-state index is 0.0287. The smallest absolute Gasteiger partial charge is 0.292 e. The lowest BCUT2D eigenvalue weighted by atomic mass is 10.1. The molecule has 2 aliphatic heterocycles. The fraction of sp³-hybridized carbons (Fsp3) is 0.222. The Morgan fingerprint density at radius 2 is 1.96 bits per heavy atom. The Balaban J connectivity index is 1.49. The summed E-state index contributed by atoms with van der Waals surface area (Å²) >= 11 is 0. The van der Waals surface area contributed by atoms with E-state index in [9.17, 15) is 19.7 Å². The molecule has 138 valence electrons. The molecule has 2 amide bonds. The number of carbonyl (C=O) groups is 2. The number of nitro benzene ring substituents is 1. The largest absolute Gasteiger partial charge is 0.454 e. The van der Waals surface area contributed by atoms with Crippen molar-refractivity contribution in [2.75, 3.05) is 23.6 Å². The maximum Gasteiger partial charge on any atom is 0.292 e. The Hall–Kier alpha value is -3.62. The van der Waals surface area contributed by atoms with Crippen LogP contribution in [-0.4, -0.2) is 30.1 Å². The number of hydrogen-bond donors (Lipinski definition) is 1. The Morgan fingerprint density at radius 3 is 2.78 bits per heavy atom. The fourth-order valence-corrected chi connectivity index (χ4v) is 3.16. The Bertz CT molecular complexity index is 944. The van der Waals surface area contributed by atoms with Crippen LogP contribution in [0.1, 0.15) is 6.42 Å². The molecule has 2 heterocycles. The van der Waals surface area contributed by atoms with Gasteiger partial charge in [0.1, 0.15) is 5.69 Å². The average Bonchev–Trinajstić information content (AvgIpc) is 3.27. The molecule has 0 aliphatic carbocycles. The van der Waals surface area contributed by atoms with E-state index in [2.05, 4.69) is 5.32 Å². The molecule has 2 aromatic rings. The van der Waals surface area contributed by atoms with E-state index in [1.807, 2.05) is 0 Å². The number of amides is 2. The maximum absolute atomic E-state index is 12.5. The molecule has 4 rings (SSSR count). The first-order valence-corrected chi connectivity index (χ1v) is 8.27. The number of fused-ring (bicyclic) bond motifs is 1. The Labute approximate surface area is 153 Å². The van der Waals surface area contributed by atoms with Gasteiger partial charge in [0.25, 0.3) is 5.69 Å². The van der Waals surface area contributed by atoms with Gasteiger partial charge in [0, 0.05) is 30.8 Å². The van der Waals surface area contributed by atoms with Crippen LogP contribution in [0.3, 0.4) is 0 Å². The van der Waals surface area contributed by atoms with Gasteiger partial charge in [-0.25, -0.2) is 0 Å². The van der Waals surface area contributed by atoms with Gasteiger partial charge < -0.3 is 19.7 Å². The van der Waals surface area contributed by atoms with E-state index < -0.39 is 16.7 Å². The lowest BCUT2D eigenvalue weighted by Gasteiger charge is -2.17. The summed E-state index contributed by atoms with van der Waals surface area (Å²) in [5.41, 5.74) is 0.537. The van der Waals surface area contributed by atoms with Crippen LogP contribution >= 0.6 is 0 Å². The van der Waals surface area contributed by atoms with Gasteiger partial charge in [-0.05, 0) is 18.2 Å². The molecule has 1 fully saturated rings. The molecule has 0 spiro atoms. The number of hydrogen-bond acceptors (Lipinski definition) is 6. The first-order chi connectivity index (χ1) is 13.0. The second-order valence-corrected chi connectivity index (χ2v) is 6.21. The number of ether oxygens (including phenoxy) is 2. The molecule has 0 saturated carbocycles. The summed E-state index contributed by atoms with van der Waals surface area (Å²) < 4.78 is 10.6. The molecule has 0 bridgehead atoms. The first kappa shape index (κ1) is 16.8. The summed E-state index contributed by atoms with van der Waals surface area (Å²) in [6.45, 7) is 0.318. The number of anilines is 2. The number of rotatable bonds is 4. The minimum Gasteiger partial charge on any atom is -0.454 e. The van der Waals surface area contributed by atoms with Crippen LogP contribution in [0.2, 0.25) is 0 Å². The topological polar surface area (TPSA) is 111 Å². The van der Waals surface area contributed by atoms with Gasteiger partial charge in [0.2, 0.25) is 18.6 Å². The van der Waals surface area contributed by atoms with E-state index in [0.29, 0.717) is 17.2 Å². The molecular weight excluding hydrogens is 354 g/mol. The first-order valence-electron chi connectivity index (χ1n) is 8.27. The van der Waals surface area contributed by atoms with Crippen LogP contribution in [0, 0.1) is 16.0 Å². The predicted octanol–water partition coefficient (Wildman–Crippen LogP) is 2.32. The lowest BCUT2D eigenvalue weighted by molar-refractivity contribution is -0.383. The Morgan fingerprint density at radius 1 is 1.19 bits per heavy atom. The van der Waals surface area contributed by atoms with Gasteiger partial charge in [-0.15, -0.1) is 0 Å². The molecular formula is C18H15N3O6. The highest BCUT2D eigenvalue weighted by molar-refractivity contribution is 6.04. The van der Waals surface area contributed by atoms with Gasteiger partial charge >= 0.3 is 0 Å². The van der Waals surface area contributed by atoms with Crippen molar-refractivity contribution < 1.29 is 24.0 Å². The molecule has 2 aromatic carbocycles. The summed E-state index contributed by atoms with van der Waals surface area (Å²) in [5.74, 6) is -0.0793. The second kappa shape index (κ2) is 6.60. The summed E-state index contributed by atoms with van der Waals surface area (Å²) in [4.78, 5) is 36.9. The number of carbonyl (C=O) groups excluding carboxylic acids is 2. The van der Waals surface area contributed by atoms with E-state index in [1.165, 1.54) is 23.1 Å². The van der Waals surface area contributed by atoms with Crippen molar-refractivity contribution >= 4 is 28.9 Å². The van der Waals surface area contributed by atoms with E-state index >= 15 is 0 Å². The van der Waals surface area contributed by atoms with Crippen molar-refractivity contribution in [2.45, 2.75) is 6.42 Å². The van der Waals surface area contributed by atoms with Crippen LogP contribution < -0.4 is 19.7 Å². The van der Waals surface area contributed by atoms with Crippen LogP contribution in [-0.2, 0) is 9.59 Å². The number of benzene rings is 2. The van der Waals surface area contributed by atoms with E-state index in [-0.39, 0.29) is 37.0 Å². The molecule has 1 atom stereocenters. The predicted molar refractivity (Wildman–Crippen MR) is 94.8 cm³/mol. The molecule has 1 unspecified atom stereocenters. The van der Waals surface area contributed by atoms with Crippen molar-refractivity contribution in [1.29, 1.82) is 0 Å². The van der Waals surface area contributed by atoms with Crippen molar-refractivity contribution in [2.24, 2.45) is 5.92 Å². The van der Waals surface area contributed by atoms with Crippen LogP contribution in [0.4, 0.5) is 17.1 Å². The second-order valence-electron chi connectivity index (χ2n) is 6.21. The Kier molecular flexibility index (Phi) is 4.11. The van der Waals surface area contributed by atoms with Gasteiger partial charge in [-0.3, -0.25) is 19.7 Å². The maximum atomic E-state index is 12.5. The SMILES string of the molecule is O=C(Nc1ccccc1[N+](=O)[O-])C1CC(=O)N(c2ccc3c(c2)OCO3)C1. The van der Waals surface area contributed by atoms with Crippen molar-refractivity contribution in [3.8, 4) is 11.5 Å². The molecule has 0 aromatic heterocycles. The highest BCUT2D eigenvalue weighted by atomic mass is 16.7. The zero-order valence-corrected chi connectivity index (χ0v) is 14.1. The van der Waals surface area contributed by atoms with Crippen LogP contribution in [0.5, 0.6) is 11.5 Å². The normalized spacial score (nSPS) is 17.9. The van der Waals surface area contributed by atoms with Crippen molar-refractivity contribution in [3.63, 3.8) is 0 Å². The monoisotopic (exact) mass is 369 g/mol. The quantitative estimate of drug-likeness (QED) is 0.654. The van der Waals surface area contributed by atoms with Crippen LogP contribution in [0.25, 0.3) is 0 Å². The van der Waals surface area contributed by atoms with E-state index in [1.54, 1.807) is 24.3 Å². The minimum atomic E-state index is -0.609. The molecule has 1 N–H and O–H groups in total. The highest BCUT2D eigenvalue weighted by Crippen LogP contribution is 2.37. The number of nitrogens with zero attached hydrogens (tertiary/aromatic N) is 2. The molecule has 9 nitrogen and oxygen atoms in total. The molecule has 2 aliphatic rings. The summed E-state index contributed by atoms with van der Waals surface area (Å²) in [5, 5.41) is 13.6. The van der Waals surface area contributed by atoms with Gasteiger partial charge in [0.05, 0.1) is 10.8 Å². The van der Waals surface area contributed by atoms with Crippen molar-refractivity contribution in [3.05, 3.63) is 52.6 Å². The zero-order valence-electron chi connectivity index (χ0n) is 14.1. The van der Waals surface area contributed by atoms with Gasteiger partial charge in [-0.2, -0.15) is 0 Å². The van der Waals surface area contributed by atoms with E-state index in [4.69, 9.17) is 9.47 Å². The van der Waals surface area contributed by atoms with Crippen molar-refractivity contribution in [1.82, 2.24) is 0 Å². The molecule has 9 heteroatoms.